The van der Waals surface area contributed by atoms with Gasteiger partial charge in [-0.2, -0.15) is 0 Å². The van der Waals surface area contributed by atoms with Crippen molar-refractivity contribution in [3.05, 3.63) is 59.0 Å². The summed E-state index contributed by atoms with van der Waals surface area (Å²) in [6, 6.07) is 5.41. The number of nitrogens with zero attached hydrogens (tertiary/aromatic N) is 7. The smallest absolute Gasteiger partial charge is 0.235 e. The van der Waals surface area contributed by atoms with E-state index in [2.05, 4.69) is 48.9 Å². The predicted octanol–water partition coefficient (Wildman–Crippen LogP) is 4.35. The summed E-state index contributed by atoms with van der Waals surface area (Å²) in [4.78, 5) is 13.4. The highest BCUT2D eigenvalue weighted by Crippen LogP contribution is 2.33. The molecule has 0 aliphatic carbocycles. The first-order chi connectivity index (χ1) is 16.4. The second-order valence-corrected chi connectivity index (χ2v) is 9.35. The molecule has 1 N–H and O–H groups in total. The summed E-state index contributed by atoms with van der Waals surface area (Å²) in [6.45, 7) is 10.0. The van der Waals surface area contributed by atoms with E-state index in [9.17, 15) is 0 Å². The topological polar surface area (TPSA) is 117 Å². The van der Waals surface area contributed by atoms with Crippen molar-refractivity contribution in [1.29, 1.82) is 0 Å². The lowest BCUT2D eigenvalue weighted by molar-refractivity contribution is 0.391. The monoisotopic (exact) mass is 480 g/mol. The quantitative estimate of drug-likeness (QED) is 0.346. The molecule has 0 saturated heterocycles. The van der Waals surface area contributed by atoms with Gasteiger partial charge in [-0.1, -0.05) is 18.1 Å². The summed E-state index contributed by atoms with van der Waals surface area (Å²) in [5.74, 6) is 3.29. The van der Waals surface area contributed by atoms with E-state index >= 15 is 0 Å². The first-order valence-corrected chi connectivity index (χ1v) is 11.8. The highest BCUT2D eigenvalue weighted by Gasteiger charge is 2.26. The van der Waals surface area contributed by atoms with Gasteiger partial charge in [0.25, 0.3) is 0 Å². The van der Waals surface area contributed by atoms with Crippen LogP contribution in [-0.4, -0.2) is 47.2 Å². The Bertz CT molecular complexity index is 1230. The number of hydrogen-bond donors (Lipinski definition) is 1. The van der Waals surface area contributed by atoms with Gasteiger partial charge < -0.3 is 9.26 Å². The highest BCUT2D eigenvalue weighted by atomic mass is 32.2. The van der Waals surface area contributed by atoms with Crippen molar-refractivity contribution in [3.8, 4) is 17.4 Å². The van der Waals surface area contributed by atoms with Crippen LogP contribution in [0.4, 0.5) is 5.95 Å². The molecular weight excluding hydrogens is 452 g/mol. The van der Waals surface area contributed by atoms with Gasteiger partial charge in [-0.25, -0.2) is 15.0 Å². The van der Waals surface area contributed by atoms with Crippen LogP contribution < -0.4 is 9.46 Å². The minimum absolute atomic E-state index is 0.150. The largest absolute Gasteiger partial charge is 0.481 e. The Morgan fingerprint density at radius 1 is 1.12 bits per heavy atom. The van der Waals surface area contributed by atoms with Crippen LogP contribution in [0, 0.1) is 20.8 Å². The lowest BCUT2D eigenvalue weighted by Crippen LogP contribution is -2.15. The summed E-state index contributed by atoms with van der Waals surface area (Å²) >= 11 is 1.54. The molecule has 4 aromatic heterocycles. The molecule has 0 radical (unpaired) electrons. The molecule has 178 valence electrons. The molecular formula is C23H28N8O2S. The van der Waals surface area contributed by atoms with Crippen LogP contribution in [0.15, 0.2) is 35.1 Å². The fourth-order valence-electron chi connectivity index (χ4n) is 3.75. The molecule has 0 aliphatic heterocycles. The summed E-state index contributed by atoms with van der Waals surface area (Å²) in [6.07, 6.45) is 4.39. The summed E-state index contributed by atoms with van der Waals surface area (Å²) in [7, 11) is 1.59. The molecule has 0 saturated carbocycles. The summed E-state index contributed by atoms with van der Waals surface area (Å²) in [5.41, 5.74) is 3.51. The number of aromatic nitrogens is 7. The fraction of sp³-hybridized carbons (Fsp3) is 0.391. The lowest BCUT2D eigenvalue weighted by atomic mass is 10.1. The highest BCUT2D eigenvalue weighted by molar-refractivity contribution is 8.01. The molecule has 0 bridgehead atoms. The van der Waals surface area contributed by atoms with Crippen molar-refractivity contribution >= 4 is 17.9 Å². The van der Waals surface area contributed by atoms with E-state index in [0.717, 1.165) is 34.8 Å². The number of anilines is 1. The molecule has 11 heteroatoms. The molecule has 34 heavy (non-hydrogen) atoms. The van der Waals surface area contributed by atoms with Gasteiger partial charge in [-0.05, 0) is 51.3 Å². The third-order valence-corrected chi connectivity index (χ3v) is 6.28. The molecule has 4 aromatic rings. The van der Waals surface area contributed by atoms with Gasteiger partial charge in [0, 0.05) is 35.7 Å². The Morgan fingerprint density at radius 2 is 1.88 bits per heavy atom. The van der Waals surface area contributed by atoms with Crippen LogP contribution in [0.1, 0.15) is 48.3 Å². The SMILES string of the molecule is COc1cccc(-c2nnc(NSC(C)Cc3ncc(C)cn3)n2[C@H](C)c2c(C)noc2C)n1. The van der Waals surface area contributed by atoms with Gasteiger partial charge in [0.2, 0.25) is 11.8 Å². The fourth-order valence-corrected chi connectivity index (χ4v) is 4.43. The Kier molecular flexibility index (Phi) is 7.11. The zero-order chi connectivity index (χ0) is 24.2. The number of pyridine rings is 1. The second kappa shape index (κ2) is 10.2. The Morgan fingerprint density at radius 3 is 2.56 bits per heavy atom. The third kappa shape index (κ3) is 5.04. The van der Waals surface area contributed by atoms with Gasteiger partial charge in [0.1, 0.15) is 17.3 Å². The van der Waals surface area contributed by atoms with Gasteiger partial charge in [0.15, 0.2) is 5.82 Å². The molecule has 0 aliphatic rings. The molecule has 0 aromatic carbocycles. The lowest BCUT2D eigenvalue weighted by Gasteiger charge is -2.19. The molecule has 2 atom stereocenters. The maximum absolute atomic E-state index is 5.43. The van der Waals surface area contributed by atoms with Crippen molar-refractivity contribution in [2.45, 2.75) is 52.3 Å². The van der Waals surface area contributed by atoms with Gasteiger partial charge >= 0.3 is 0 Å². The van der Waals surface area contributed by atoms with E-state index in [-0.39, 0.29) is 11.3 Å². The average molecular weight is 481 g/mol. The van der Waals surface area contributed by atoms with E-state index in [1.54, 1.807) is 25.1 Å². The Balaban J connectivity index is 1.64. The first kappa shape index (κ1) is 23.7. The summed E-state index contributed by atoms with van der Waals surface area (Å²) in [5, 5.41) is 13.2. The second-order valence-electron chi connectivity index (χ2n) is 8.11. The third-order valence-electron chi connectivity index (χ3n) is 5.41. The molecule has 4 rings (SSSR count). The van der Waals surface area contributed by atoms with Crippen LogP contribution >= 0.6 is 11.9 Å². The maximum Gasteiger partial charge on any atom is 0.235 e. The molecule has 0 amide bonds. The minimum Gasteiger partial charge on any atom is -0.481 e. The number of nitrogens with one attached hydrogen (secondary N) is 1. The van der Waals surface area contributed by atoms with Crippen LogP contribution in [0.25, 0.3) is 11.5 Å². The number of ether oxygens (including phenoxy) is 1. The molecule has 1 unspecified atom stereocenters. The van der Waals surface area contributed by atoms with Crippen LogP contribution in [-0.2, 0) is 6.42 Å². The molecule has 10 nitrogen and oxygen atoms in total. The van der Waals surface area contributed by atoms with E-state index in [0.29, 0.717) is 23.3 Å². The molecule has 4 heterocycles. The normalized spacial score (nSPS) is 13.0. The van der Waals surface area contributed by atoms with Crippen molar-refractivity contribution in [3.63, 3.8) is 0 Å². The van der Waals surface area contributed by atoms with Crippen molar-refractivity contribution < 1.29 is 9.26 Å². The van der Waals surface area contributed by atoms with E-state index in [1.807, 2.05) is 49.9 Å². The van der Waals surface area contributed by atoms with Gasteiger partial charge in [0.05, 0.1) is 18.8 Å². The standard InChI is InChI=1S/C23H28N8O2S/c1-13-11-24-19(25-12-13)10-14(2)34-30-23-28-27-22(18-8-7-9-20(26-18)32-6)31(23)16(4)21-15(3)29-33-17(21)5/h7-9,11-12,14,16H,10H2,1-6H3,(H,28,30)/t14?,16-/m1/s1. The van der Waals surface area contributed by atoms with E-state index in [4.69, 9.17) is 9.26 Å². The van der Waals surface area contributed by atoms with Crippen LogP contribution in [0.5, 0.6) is 5.88 Å². The molecule has 0 spiro atoms. The Labute approximate surface area is 202 Å². The number of rotatable bonds is 9. The van der Waals surface area contributed by atoms with E-state index in [1.165, 1.54) is 0 Å². The average Bonchev–Trinajstić information content (AvgIpc) is 3.41. The summed E-state index contributed by atoms with van der Waals surface area (Å²) < 4.78 is 16.1. The number of methoxy groups -OCH3 is 1. The number of hydrogen-bond acceptors (Lipinski definition) is 10. The first-order valence-electron chi connectivity index (χ1n) is 11.0. The zero-order valence-electron chi connectivity index (χ0n) is 20.1. The van der Waals surface area contributed by atoms with Crippen LogP contribution in [0.3, 0.4) is 0 Å². The van der Waals surface area contributed by atoms with Gasteiger partial charge in [-0.15, -0.1) is 10.2 Å². The van der Waals surface area contributed by atoms with Crippen molar-refractivity contribution in [2.24, 2.45) is 0 Å². The number of aryl methyl sites for hydroxylation is 3. The predicted molar refractivity (Wildman–Crippen MR) is 131 cm³/mol. The van der Waals surface area contributed by atoms with Crippen LogP contribution in [0.2, 0.25) is 0 Å². The molecule has 0 fully saturated rings. The minimum atomic E-state index is -0.150. The Hall–Kier alpha value is -3.47. The van der Waals surface area contributed by atoms with Crippen molar-refractivity contribution in [1.82, 2.24) is 34.9 Å². The van der Waals surface area contributed by atoms with E-state index < -0.39 is 0 Å². The van der Waals surface area contributed by atoms with Gasteiger partial charge in [-0.3, -0.25) is 9.29 Å². The maximum atomic E-state index is 5.43. The zero-order valence-corrected chi connectivity index (χ0v) is 20.9. The van der Waals surface area contributed by atoms with Crippen molar-refractivity contribution in [2.75, 3.05) is 11.8 Å².